The molecular weight excluding hydrogens is 364 g/mol. The van der Waals surface area contributed by atoms with Crippen LogP contribution in [0.15, 0.2) is 41.3 Å². The zero-order valence-electron chi connectivity index (χ0n) is 13.7. The van der Waals surface area contributed by atoms with Crippen LogP contribution in [0.5, 0.6) is 0 Å². The highest BCUT2D eigenvalue weighted by Gasteiger charge is 2.14. The molecule has 2 aromatic rings. The molecule has 0 aliphatic carbocycles. The van der Waals surface area contributed by atoms with E-state index in [-0.39, 0.29) is 17.2 Å². The van der Waals surface area contributed by atoms with Gasteiger partial charge in [-0.2, -0.15) is 0 Å². The number of anilines is 1. The number of hydrogen-bond acceptors (Lipinski definition) is 6. The number of ketones is 1. The SMILES string of the molecule is COC(=O)Nc1ccc(S(=O)(=O)NCCc2ccc(C(C)=O)s2)cc1. The number of nitrogens with one attached hydrogen (secondary N) is 2. The van der Waals surface area contributed by atoms with Gasteiger partial charge in [-0.25, -0.2) is 17.9 Å². The Hall–Kier alpha value is -2.23. The molecule has 0 radical (unpaired) electrons. The lowest BCUT2D eigenvalue weighted by Gasteiger charge is -2.08. The van der Waals surface area contributed by atoms with Crippen molar-refractivity contribution in [1.29, 1.82) is 0 Å². The van der Waals surface area contributed by atoms with Crippen LogP contribution in [0.3, 0.4) is 0 Å². The van der Waals surface area contributed by atoms with E-state index in [2.05, 4.69) is 14.8 Å². The second-order valence-electron chi connectivity index (χ2n) is 5.11. The largest absolute Gasteiger partial charge is 0.453 e. The molecule has 0 aliphatic heterocycles. The highest BCUT2D eigenvalue weighted by atomic mass is 32.2. The van der Waals surface area contributed by atoms with Gasteiger partial charge in [0.05, 0.1) is 16.9 Å². The molecule has 9 heteroatoms. The second kappa shape index (κ2) is 8.24. The summed E-state index contributed by atoms with van der Waals surface area (Å²) in [7, 11) is -2.41. The number of ether oxygens (including phenoxy) is 1. The first-order chi connectivity index (χ1) is 11.8. The van der Waals surface area contributed by atoms with E-state index in [4.69, 9.17) is 0 Å². The molecule has 0 spiro atoms. The van der Waals surface area contributed by atoms with E-state index >= 15 is 0 Å². The van der Waals surface area contributed by atoms with Gasteiger partial charge in [0.2, 0.25) is 10.0 Å². The monoisotopic (exact) mass is 382 g/mol. The van der Waals surface area contributed by atoms with Crippen molar-refractivity contribution in [3.63, 3.8) is 0 Å². The number of amides is 1. The minimum atomic E-state index is -3.65. The van der Waals surface area contributed by atoms with Crippen molar-refractivity contribution in [2.75, 3.05) is 19.0 Å². The summed E-state index contributed by atoms with van der Waals surface area (Å²) in [6.45, 7) is 1.72. The lowest BCUT2D eigenvalue weighted by Crippen LogP contribution is -2.25. The number of benzene rings is 1. The lowest BCUT2D eigenvalue weighted by molar-refractivity contribution is 0.102. The van der Waals surface area contributed by atoms with Crippen molar-refractivity contribution in [2.45, 2.75) is 18.2 Å². The predicted octanol–water partition coefficient (Wildman–Crippen LogP) is 2.65. The molecule has 7 nitrogen and oxygen atoms in total. The van der Waals surface area contributed by atoms with Crippen LogP contribution in [0.1, 0.15) is 21.5 Å². The molecule has 0 saturated heterocycles. The third kappa shape index (κ3) is 5.38. The first-order valence-corrected chi connectivity index (χ1v) is 9.66. The van der Waals surface area contributed by atoms with E-state index < -0.39 is 16.1 Å². The number of carbonyl (C=O) groups is 2. The molecule has 0 bridgehead atoms. The van der Waals surface area contributed by atoms with Gasteiger partial charge in [0.15, 0.2) is 5.78 Å². The lowest BCUT2D eigenvalue weighted by atomic mass is 10.3. The molecule has 1 heterocycles. The fourth-order valence-electron chi connectivity index (χ4n) is 1.98. The number of rotatable bonds is 7. The fourth-order valence-corrected chi connectivity index (χ4v) is 3.91. The average molecular weight is 382 g/mol. The maximum atomic E-state index is 12.3. The molecule has 0 unspecified atom stereocenters. The maximum absolute atomic E-state index is 12.3. The quantitative estimate of drug-likeness (QED) is 0.717. The van der Waals surface area contributed by atoms with Crippen LogP contribution in [-0.2, 0) is 21.2 Å². The van der Waals surface area contributed by atoms with Gasteiger partial charge < -0.3 is 4.74 Å². The van der Waals surface area contributed by atoms with Crippen LogP contribution in [0.25, 0.3) is 0 Å². The Labute approximate surface area is 150 Å². The Bertz CT molecular complexity index is 857. The van der Waals surface area contributed by atoms with Crippen LogP contribution in [0, 0.1) is 0 Å². The van der Waals surface area contributed by atoms with Gasteiger partial charge in [-0.3, -0.25) is 10.1 Å². The Morgan fingerprint density at radius 1 is 1.12 bits per heavy atom. The number of Topliss-reactive ketones (excluding diaryl/α,β-unsaturated/α-hetero) is 1. The highest BCUT2D eigenvalue weighted by Crippen LogP contribution is 2.18. The molecule has 0 fully saturated rings. The zero-order chi connectivity index (χ0) is 18.4. The summed E-state index contributed by atoms with van der Waals surface area (Å²) in [6.07, 6.45) is -0.131. The van der Waals surface area contributed by atoms with E-state index in [1.807, 2.05) is 6.07 Å². The number of thiophene rings is 1. The molecule has 2 rings (SSSR count). The smallest absolute Gasteiger partial charge is 0.411 e. The van der Waals surface area contributed by atoms with Crippen LogP contribution in [0.2, 0.25) is 0 Å². The van der Waals surface area contributed by atoms with Crippen LogP contribution < -0.4 is 10.0 Å². The van der Waals surface area contributed by atoms with Crippen molar-refractivity contribution in [2.24, 2.45) is 0 Å². The van der Waals surface area contributed by atoms with Gasteiger partial charge in [0.25, 0.3) is 0 Å². The Morgan fingerprint density at radius 2 is 1.80 bits per heavy atom. The summed E-state index contributed by atoms with van der Waals surface area (Å²) < 4.78 is 31.5. The van der Waals surface area contributed by atoms with E-state index in [1.54, 1.807) is 6.07 Å². The minimum Gasteiger partial charge on any atom is -0.453 e. The van der Waals surface area contributed by atoms with Crippen molar-refractivity contribution < 1.29 is 22.7 Å². The number of sulfonamides is 1. The van der Waals surface area contributed by atoms with E-state index in [0.717, 1.165) is 4.88 Å². The molecule has 2 N–H and O–H groups in total. The zero-order valence-corrected chi connectivity index (χ0v) is 15.4. The van der Waals surface area contributed by atoms with Crippen LogP contribution >= 0.6 is 11.3 Å². The number of carbonyl (C=O) groups excluding carboxylic acids is 2. The van der Waals surface area contributed by atoms with Gasteiger partial charge in [0, 0.05) is 17.1 Å². The summed E-state index contributed by atoms with van der Waals surface area (Å²) in [5.41, 5.74) is 0.432. The Kier molecular flexibility index (Phi) is 6.29. The molecule has 25 heavy (non-hydrogen) atoms. The third-order valence-electron chi connectivity index (χ3n) is 3.27. The fraction of sp³-hybridized carbons (Fsp3) is 0.250. The summed E-state index contributed by atoms with van der Waals surface area (Å²) in [5.74, 6) is -0.00233. The van der Waals surface area contributed by atoms with Gasteiger partial charge in [-0.05, 0) is 49.7 Å². The van der Waals surface area contributed by atoms with Crippen LogP contribution in [0.4, 0.5) is 10.5 Å². The molecule has 1 amide bonds. The van der Waals surface area contributed by atoms with Crippen molar-refractivity contribution in [3.05, 3.63) is 46.2 Å². The number of hydrogen-bond donors (Lipinski definition) is 2. The molecular formula is C16H18N2O5S2. The Morgan fingerprint density at radius 3 is 2.36 bits per heavy atom. The molecule has 0 atom stereocenters. The Balaban J connectivity index is 1.94. The van der Waals surface area contributed by atoms with Crippen molar-refractivity contribution >= 4 is 38.9 Å². The average Bonchev–Trinajstić information content (AvgIpc) is 3.04. The topological polar surface area (TPSA) is 102 Å². The molecule has 134 valence electrons. The highest BCUT2D eigenvalue weighted by molar-refractivity contribution is 7.89. The third-order valence-corrected chi connectivity index (χ3v) is 5.99. The molecule has 1 aromatic heterocycles. The summed E-state index contributed by atoms with van der Waals surface area (Å²) in [4.78, 5) is 24.0. The van der Waals surface area contributed by atoms with E-state index in [0.29, 0.717) is 17.0 Å². The predicted molar refractivity (Wildman–Crippen MR) is 95.7 cm³/mol. The maximum Gasteiger partial charge on any atom is 0.411 e. The molecule has 0 saturated carbocycles. The normalized spacial score (nSPS) is 11.1. The summed E-state index contributed by atoms with van der Waals surface area (Å²) in [6, 6.07) is 9.31. The van der Waals surface area contributed by atoms with Crippen LogP contribution in [-0.4, -0.2) is 33.9 Å². The summed E-state index contributed by atoms with van der Waals surface area (Å²) >= 11 is 1.36. The standard InChI is InChI=1S/C16H18N2O5S2/c1-11(19)15-8-5-13(24-15)9-10-17-25(21,22)14-6-3-12(4-7-14)18-16(20)23-2/h3-8,17H,9-10H2,1-2H3,(H,18,20). The minimum absolute atomic E-state index is 0.00233. The van der Waals surface area contributed by atoms with Crippen molar-refractivity contribution in [3.8, 4) is 0 Å². The molecule has 0 aliphatic rings. The van der Waals surface area contributed by atoms with Gasteiger partial charge >= 0.3 is 6.09 Å². The van der Waals surface area contributed by atoms with Gasteiger partial charge in [-0.15, -0.1) is 11.3 Å². The van der Waals surface area contributed by atoms with Gasteiger partial charge in [0.1, 0.15) is 0 Å². The van der Waals surface area contributed by atoms with E-state index in [9.17, 15) is 18.0 Å². The first-order valence-electron chi connectivity index (χ1n) is 7.36. The second-order valence-corrected chi connectivity index (χ2v) is 8.05. The van der Waals surface area contributed by atoms with Crippen molar-refractivity contribution in [1.82, 2.24) is 4.72 Å². The first kappa shape index (κ1) is 19.1. The van der Waals surface area contributed by atoms with Gasteiger partial charge in [-0.1, -0.05) is 0 Å². The summed E-state index contributed by atoms with van der Waals surface area (Å²) in [5, 5.41) is 2.44. The molecule has 1 aromatic carbocycles. The number of methoxy groups -OCH3 is 1. The van der Waals surface area contributed by atoms with E-state index in [1.165, 1.54) is 49.6 Å².